The van der Waals surface area contributed by atoms with Gasteiger partial charge in [0.25, 0.3) is 0 Å². The number of hydrogen-bond donors (Lipinski definition) is 2. The van der Waals surface area contributed by atoms with Crippen LogP contribution in [-0.2, 0) is 19.1 Å². The molecule has 0 aromatic rings. The molecule has 0 aliphatic carbocycles. The molecule has 0 bridgehead atoms. The minimum absolute atomic E-state index is 0.0784. The first-order chi connectivity index (χ1) is 6.95. The van der Waals surface area contributed by atoms with Crippen LogP contribution in [0.3, 0.4) is 0 Å². The van der Waals surface area contributed by atoms with E-state index >= 15 is 0 Å². The van der Waals surface area contributed by atoms with E-state index in [0.29, 0.717) is 0 Å². The third kappa shape index (κ3) is 7.90. The Morgan fingerprint density at radius 3 is 2.20 bits per heavy atom. The molecule has 0 aromatic heterocycles. The van der Waals surface area contributed by atoms with Crippen LogP contribution in [0.4, 0.5) is 0 Å². The molecule has 0 aromatic carbocycles. The van der Waals surface area contributed by atoms with E-state index in [2.05, 4.69) is 4.74 Å². The van der Waals surface area contributed by atoms with Gasteiger partial charge in [0.15, 0.2) is 0 Å². The predicted octanol–water partition coefficient (Wildman–Crippen LogP) is -0.428. The standard InChI is InChI=1S/C9H16O6/c1-6(2)14-8(12)5-9(13)15-7(11)3-4-10/h6-7,10-11H,3-5H2,1-2H3. The van der Waals surface area contributed by atoms with Crippen molar-refractivity contribution in [3.63, 3.8) is 0 Å². The Morgan fingerprint density at radius 1 is 1.20 bits per heavy atom. The molecule has 0 aliphatic rings. The highest BCUT2D eigenvalue weighted by Gasteiger charge is 2.16. The van der Waals surface area contributed by atoms with Crippen molar-refractivity contribution in [1.82, 2.24) is 0 Å². The van der Waals surface area contributed by atoms with E-state index in [1.807, 2.05) is 0 Å². The molecule has 2 N–H and O–H groups in total. The molecule has 6 nitrogen and oxygen atoms in total. The molecule has 0 saturated carbocycles. The molecular formula is C9H16O6. The Labute approximate surface area is 87.8 Å². The van der Waals surface area contributed by atoms with Gasteiger partial charge in [-0.15, -0.1) is 0 Å². The third-order valence-corrected chi connectivity index (χ3v) is 1.30. The second-order valence-electron chi connectivity index (χ2n) is 3.17. The number of carbonyl (C=O) groups is 2. The molecule has 0 spiro atoms. The van der Waals surface area contributed by atoms with Gasteiger partial charge in [-0.1, -0.05) is 0 Å². The fourth-order valence-corrected chi connectivity index (χ4v) is 0.785. The summed E-state index contributed by atoms with van der Waals surface area (Å²) in [6, 6.07) is 0. The number of rotatable bonds is 6. The zero-order valence-corrected chi connectivity index (χ0v) is 8.80. The molecule has 0 radical (unpaired) electrons. The topological polar surface area (TPSA) is 93.1 Å². The van der Waals surface area contributed by atoms with E-state index in [9.17, 15) is 9.59 Å². The molecule has 0 amide bonds. The van der Waals surface area contributed by atoms with Crippen molar-refractivity contribution in [3.05, 3.63) is 0 Å². The quantitative estimate of drug-likeness (QED) is 0.358. The highest BCUT2D eigenvalue weighted by Crippen LogP contribution is 1.99. The summed E-state index contributed by atoms with van der Waals surface area (Å²) < 4.78 is 9.09. The fourth-order valence-electron chi connectivity index (χ4n) is 0.785. The van der Waals surface area contributed by atoms with Crippen LogP contribution in [0.1, 0.15) is 26.7 Å². The number of ether oxygens (including phenoxy) is 2. The fraction of sp³-hybridized carbons (Fsp3) is 0.778. The van der Waals surface area contributed by atoms with Crippen LogP contribution in [0, 0.1) is 0 Å². The molecule has 0 saturated heterocycles. The van der Waals surface area contributed by atoms with Gasteiger partial charge in [-0.3, -0.25) is 9.59 Å². The van der Waals surface area contributed by atoms with Crippen molar-refractivity contribution in [3.8, 4) is 0 Å². The Bertz CT molecular complexity index is 213. The predicted molar refractivity (Wildman–Crippen MR) is 49.6 cm³/mol. The Kier molecular flexibility index (Phi) is 6.64. The van der Waals surface area contributed by atoms with Crippen LogP contribution in [0.2, 0.25) is 0 Å². The summed E-state index contributed by atoms with van der Waals surface area (Å²) in [6.07, 6.45) is -2.30. The molecule has 0 rings (SSSR count). The van der Waals surface area contributed by atoms with Crippen molar-refractivity contribution in [2.24, 2.45) is 0 Å². The lowest BCUT2D eigenvalue weighted by molar-refractivity contribution is -0.173. The summed E-state index contributed by atoms with van der Waals surface area (Å²) in [4.78, 5) is 21.9. The van der Waals surface area contributed by atoms with Gasteiger partial charge < -0.3 is 19.7 Å². The van der Waals surface area contributed by atoms with Crippen molar-refractivity contribution in [2.75, 3.05) is 6.61 Å². The lowest BCUT2D eigenvalue weighted by atomic mass is 10.4. The first kappa shape index (κ1) is 13.9. The zero-order valence-electron chi connectivity index (χ0n) is 8.80. The maximum absolute atomic E-state index is 11.0. The molecular weight excluding hydrogens is 204 g/mol. The second-order valence-corrected chi connectivity index (χ2v) is 3.17. The maximum atomic E-state index is 11.0. The van der Waals surface area contributed by atoms with Crippen molar-refractivity contribution in [1.29, 1.82) is 0 Å². The first-order valence-electron chi connectivity index (χ1n) is 4.63. The minimum Gasteiger partial charge on any atom is -0.463 e. The first-order valence-corrected chi connectivity index (χ1v) is 4.63. The van der Waals surface area contributed by atoms with Crippen LogP contribution in [-0.4, -0.2) is 41.2 Å². The SMILES string of the molecule is CC(C)OC(=O)CC(=O)OC(O)CCO. The van der Waals surface area contributed by atoms with Gasteiger partial charge in [-0.2, -0.15) is 0 Å². The second kappa shape index (κ2) is 7.19. The van der Waals surface area contributed by atoms with E-state index in [0.717, 1.165) is 0 Å². The molecule has 0 fully saturated rings. The summed E-state index contributed by atoms with van der Waals surface area (Å²) in [7, 11) is 0. The summed E-state index contributed by atoms with van der Waals surface area (Å²) in [5, 5.41) is 17.4. The molecule has 15 heavy (non-hydrogen) atoms. The third-order valence-electron chi connectivity index (χ3n) is 1.30. The number of aliphatic hydroxyl groups excluding tert-OH is 2. The van der Waals surface area contributed by atoms with Crippen LogP contribution < -0.4 is 0 Å². The lowest BCUT2D eigenvalue weighted by Crippen LogP contribution is -2.22. The molecule has 1 atom stereocenters. The maximum Gasteiger partial charge on any atom is 0.319 e. The van der Waals surface area contributed by atoms with Gasteiger partial charge in [0.2, 0.25) is 6.29 Å². The molecule has 1 unspecified atom stereocenters. The van der Waals surface area contributed by atoms with Crippen molar-refractivity contribution in [2.45, 2.75) is 39.1 Å². The number of esters is 2. The summed E-state index contributed by atoms with van der Waals surface area (Å²) in [5.74, 6) is -1.58. The van der Waals surface area contributed by atoms with Gasteiger partial charge in [-0.25, -0.2) is 0 Å². The largest absolute Gasteiger partial charge is 0.463 e. The summed E-state index contributed by atoms with van der Waals surface area (Å²) in [5.41, 5.74) is 0. The average molecular weight is 220 g/mol. The van der Waals surface area contributed by atoms with E-state index in [4.69, 9.17) is 14.9 Å². The van der Waals surface area contributed by atoms with E-state index in [-0.39, 0.29) is 19.1 Å². The van der Waals surface area contributed by atoms with Crippen LogP contribution in [0.5, 0.6) is 0 Å². The molecule has 0 aliphatic heterocycles. The van der Waals surface area contributed by atoms with E-state index in [1.165, 1.54) is 0 Å². The van der Waals surface area contributed by atoms with Crippen molar-refractivity contribution >= 4 is 11.9 Å². The van der Waals surface area contributed by atoms with Crippen LogP contribution in [0.25, 0.3) is 0 Å². The van der Waals surface area contributed by atoms with Gasteiger partial charge in [-0.05, 0) is 13.8 Å². The smallest absolute Gasteiger partial charge is 0.319 e. The molecule has 6 heteroatoms. The average Bonchev–Trinajstić information content (AvgIpc) is 2.00. The minimum atomic E-state index is -1.38. The monoisotopic (exact) mass is 220 g/mol. The van der Waals surface area contributed by atoms with Gasteiger partial charge in [0.05, 0.1) is 6.10 Å². The highest BCUT2D eigenvalue weighted by atomic mass is 16.6. The number of hydrogen-bond acceptors (Lipinski definition) is 6. The number of carbonyl (C=O) groups excluding carboxylic acids is 2. The van der Waals surface area contributed by atoms with Gasteiger partial charge in [0.1, 0.15) is 6.42 Å². The van der Waals surface area contributed by atoms with Crippen LogP contribution in [0.15, 0.2) is 0 Å². The van der Waals surface area contributed by atoms with Crippen LogP contribution >= 0.6 is 0 Å². The van der Waals surface area contributed by atoms with E-state index < -0.39 is 24.6 Å². The van der Waals surface area contributed by atoms with Gasteiger partial charge in [0, 0.05) is 13.0 Å². The van der Waals surface area contributed by atoms with E-state index in [1.54, 1.807) is 13.8 Å². The molecule has 88 valence electrons. The normalized spacial score (nSPS) is 12.3. The molecule has 0 heterocycles. The number of aliphatic hydroxyl groups is 2. The highest BCUT2D eigenvalue weighted by molar-refractivity contribution is 5.91. The summed E-state index contributed by atoms with van der Waals surface area (Å²) >= 11 is 0. The lowest BCUT2D eigenvalue weighted by Gasteiger charge is -2.11. The van der Waals surface area contributed by atoms with Gasteiger partial charge >= 0.3 is 11.9 Å². The Balaban J connectivity index is 3.78. The Morgan fingerprint density at radius 2 is 1.73 bits per heavy atom. The summed E-state index contributed by atoms with van der Waals surface area (Å²) in [6.45, 7) is 3.01. The van der Waals surface area contributed by atoms with Crippen molar-refractivity contribution < 1.29 is 29.3 Å². The zero-order chi connectivity index (χ0) is 11.8. The Hall–Kier alpha value is -1.14.